The Morgan fingerprint density at radius 3 is 2.27 bits per heavy atom. The molecule has 1 aromatic carbocycles. The number of aryl methyl sites for hydroxylation is 1. The number of nitrogens with zero attached hydrogens (tertiary/aromatic N) is 5. The SMILES string of the molecule is Cn1cnnc1C1CCN(S(=O)(=O)c2ccc(-n3cccc3)cc2)CC1. The molecule has 3 aromatic rings. The van der Waals surface area contributed by atoms with Crippen LogP contribution in [0.15, 0.2) is 60.0 Å². The maximum absolute atomic E-state index is 12.9. The Morgan fingerprint density at radius 1 is 1.04 bits per heavy atom. The summed E-state index contributed by atoms with van der Waals surface area (Å²) in [6.45, 7) is 0.998. The van der Waals surface area contributed by atoms with Crippen molar-refractivity contribution in [1.82, 2.24) is 23.6 Å². The Labute approximate surface area is 152 Å². The second-order valence-electron chi connectivity index (χ2n) is 6.56. The average molecular weight is 371 g/mol. The standard InChI is InChI=1S/C18H21N5O2S/c1-21-14-19-20-18(21)15-8-12-23(13-9-15)26(24,25)17-6-4-16(5-7-17)22-10-2-3-11-22/h2-7,10-11,14-15H,8-9,12-13H2,1H3. The first-order chi connectivity index (χ1) is 12.6. The van der Waals surface area contributed by atoms with E-state index in [4.69, 9.17) is 0 Å². The molecule has 8 heteroatoms. The predicted molar refractivity (Wildman–Crippen MR) is 97.5 cm³/mol. The smallest absolute Gasteiger partial charge is 0.243 e. The molecule has 0 bridgehead atoms. The van der Waals surface area contributed by atoms with Gasteiger partial charge in [0.2, 0.25) is 10.0 Å². The third kappa shape index (κ3) is 3.06. The minimum Gasteiger partial charge on any atom is -0.324 e. The van der Waals surface area contributed by atoms with Crippen LogP contribution >= 0.6 is 0 Å². The normalized spacial score (nSPS) is 16.8. The molecule has 26 heavy (non-hydrogen) atoms. The van der Waals surface area contributed by atoms with Crippen LogP contribution < -0.4 is 0 Å². The van der Waals surface area contributed by atoms with Gasteiger partial charge in [0.05, 0.1) is 4.90 Å². The highest BCUT2D eigenvalue weighted by Crippen LogP contribution is 2.29. The first-order valence-electron chi connectivity index (χ1n) is 8.63. The lowest BCUT2D eigenvalue weighted by Crippen LogP contribution is -2.38. The molecule has 1 fully saturated rings. The topological polar surface area (TPSA) is 73.0 Å². The van der Waals surface area contributed by atoms with Gasteiger partial charge in [-0.15, -0.1) is 10.2 Å². The van der Waals surface area contributed by atoms with Gasteiger partial charge in [-0.25, -0.2) is 8.42 Å². The summed E-state index contributed by atoms with van der Waals surface area (Å²) in [4.78, 5) is 0.338. The maximum atomic E-state index is 12.9. The Balaban J connectivity index is 1.48. The summed E-state index contributed by atoms with van der Waals surface area (Å²) in [5.41, 5.74) is 0.940. The van der Waals surface area contributed by atoms with E-state index in [1.807, 2.05) is 52.8 Å². The maximum Gasteiger partial charge on any atom is 0.243 e. The second kappa shape index (κ2) is 6.69. The highest BCUT2D eigenvalue weighted by atomic mass is 32.2. The zero-order valence-electron chi connectivity index (χ0n) is 14.6. The van der Waals surface area contributed by atoms with Crippen molar-refractivity contribution in [2.45, 2.75) is 23.7 Å². The molecule has 136 valence electrons. The molecule has 4 rings (SSSR count). The van der Waals surface area contributed by atoms with Crippen LogP contribution in [0.25, 0.3) is 5.69 Å². The molecule has 3 heterocycles. The summed E-state index contributed by atoms with van der Waals surface area (Å²) >= 11 is 0. The van der Waals surface area contributed by atoms with Crippen molar-refractivity contribution in [3.63, 3.8) is 0 Å². The lowest BCUT2D eigenvalue weighted by molar-refractivity contribution is 0.310. The number of benzene rings is 1. The van der Waals surface area contributed by atoms with E-state index in [0.717, 1.165) is 24.4 Å². The number of hydrogen-bond donors (Lipinski definition) is 0. The molecule has 0 atom stereocenters. The van der Waals surface area contributed by atoms with Crippen LogP contribution in [0.3, 0.4) is 0 Å². The van der Waals surface area contributed by atoms with Crippen molar-refractivity contribution in [1.29, 1.82) is 0 Å². The van der Waals surface area contributed by atoms with Crippen molar-refractivity contribution in [2.24, 2.45) is 7.05 Å². The molecule has 0 amide bonds. The van der Waals surface area contributed by atoms with Crippen molar-refractivity contribution >= 4 is 10.0 Å². The zero-order valence-corrected chi connectivity index (χ0v) is 15.4. The molecule has 0 radical (unpaired) electrons. The van der Waals surface area contributed by atoms with Crippen LogP contribution in [-0.2, 0) is 17.1 Å². The number of piperidine rings is 1. The van der Waals surface area contributed by atoms with Crippen LogP contribution in [0, 0.1) is 0 Å². The minimum absolute atomic E-state index is 0.255. The number of hydrogen-bond acceptors (Lipinski definition) is 4. The van der Waals surface area contributed by atoms with Crippen molar-refractivity contribution in [2.75, 3.05) is 13.1 Å². The Kier molecular flexibility index (Phi) is 4.37. The second-order valence-corrected chi connectivity index (χ2v) is 8.50. The van der Waals surface area contributed by atoms with Gasteiger partial charge in [-0.2, -0.15) is 4.31 Å². The van der Waals surface area contributed by atoms with E-state index < -0.39 is 10.0 Å². The van der Waals surface area contributed by atoms with Gasteiger partial charge in [-0.05, 0) is 49.2 Å². The fourth-order valence-electron chi connectivity index (χ4n) is 3.46. The molecular weight excluding hydrogens is 350 g/mol. The van der Waals surface area contributed by atoms with Crippen molar-refractivity contribution in [3.05, 3.63) is 60.9 Å². The first-order valence-corrected chi connectivity index (χ1v) is 10.1. The largest absolute Gasteiger partial charge is 0.324 e. The van der Waals surface area contributed by atoms with Gasteiger partial charge < -0.3 is 9.13 Å². The van der Waals surface area contributed by atoms with Gasteiger partial charge in [0.25, 0.3) is 0 Å². The van der Waals surface area contributed by atoms with Gasteiger partial charge >= 0.3 is 0 Å². The van der Waals surface area contributed by atoms with E-state index in [9.17, 15) is 8.42 Å². The Hall–Kier alpha value is -2.45. The molecule has 7 nitrogen and oxygen atoms in total. The summed E-state index contributed by atoms with van der Waals surface area (Å²) in [6.07, 6.45) is 7.06. The Morgan fingerprint density at radius 2 is 1.69 bits per heavy atom. The highest BCUT2D eigenvalue weighted by Gasteiger charge is 2.31. The summed E-state index contributed by atoms with van der Waals surface area (Å²) < 4.78 is 31.3. The summed E-state index contributed by atoms with van der Waals surface area (Å²) in [6, 6.07) is 10.9. The van der Waals surface area contributed by atoms with Gasteiger partial charge in [-0.1, -0.05) is 0 Å². The van der Waals surface area contributed by atoms with E-state index in [1.54, 1.807) is 22.8 Å². The lowest BCUT2D eigenvalue weighted by atomic mass is 9.97. The molecule has 1 saturated heterocycles. The van der Waals surface area contributed by atoms with E-state index in [1.165, 1.54) is 0 Å². The fraction of sp³-hybridized carbons (Fsp3) is 0.333. The minimum atomic E-state index is -3.47. The summed E-state index contributed by atoms with van der Waals surface area (Å²) in [5.74, 6) is 1.18. The van der Waals surface area contributed by atoms with Crippen molar-refractivity contribution in [3.8, 4) is 5.69 Å². The molecule has 0 unspecified atom stereocenters. The Bertz CT molecular complexity index is 969. The van der Waals surface area contributed by atoms with Crippen LogP contribution in [-0.4, -0.2) is 45.1 Å². The zero-order chi connectivity index (χ0) is 18.1. The first kappa shape index (κ1) is 17.0. The fourth-order valence-corrected chi connectivity index (χ4v) is 4.93. The van der Waals surface area contributed by atoms with Crippen molar-refractivity contribution < 1.29 is 8.42 Å². The molecule has 0 spiro atoms. The van der Waals surface area contributed by atoms with E-state index >= 15 is 0 Å². The van der Waals surface area contributed by atoms with Crippen LogP contribution in [0.2, 0.25) is 0 Å². The lowest BCUT2D eigenvalue weighted by Gasteiger charge is -2.30. The van der Waals surface area contributed by atoms with E-state index in [-0.39, 0.29) is 5.92 Å². The van der Waals surface area contributed by atoms with Crippen LogP contribution in [0.1, 0.15) is 24.6 Å². The van der Waals surface area contributed by atoms with Gasteiger partial charge in [0, 0.05) is 44.1 Å². The third-order valence-electron chi connectivity index (χ3n) is 4.94. The highest BCUT2D eigenvalue weighted by molar-refractivity contribution is 7.89. The molecular formula is C18H21N5O2S. The number of rotatable bonds is 4. The quantitative estimate of drug-likeness (QED) is 0.705. The van der Waals surface area contributed by atoms with E-state index in [2.05, 4.69) is 10.2 Å². The monoisotopic (exact) mass is 371 g/mol. The van der Waals surface area contributed by atoms with Gasteiger partial charge in [-0.3, -0.25) is 0 Å². The van der Waals surface area contributed by atoms with Crippen LogP contribution in [0.4, 0.5) is 0 Å². The van der Waals surface area contributed by atoms with E-state index in [0.29, 0.717) is 18.0 Å². The molecule has 0 saturated carbocycles. The van der Waals surface area contributed by atoms with Gasteiger partial charge in [0.1, 0.15) is 12.2 Å². The molecule has 2 aromatic heterocycles. The predicted octanol–water partition coefficient (Wildman–Crippen LogP) is 2.17. The van der Waals surface area contributed by atoms with Gasteiger partial charge in [0.15, 0.2) is 0 Å². The molecule has 0 aliphatic carbocycles. The third-order valence-corrected chi connectivity index (χ3v) is 6.86. The number of aromatic nitrogens is 4. The van der Waals surface area contributed by atoms with Crippen LogP contribution in [0.5, 0.6) is 0 Å². The molecule has 1 aliphatic heterocycles. The summed E-state index contributed by atoms with van der Waals surface area (Å²) in [5, 5.41) is 8.08. The number of sulfonamides is 1. The molecule has 1 aliphatic rings. The summed E-state index contributed by atoms with van der Waals surface area (Å²) in [7, 11) is -1.55. The molecule has 0 N–H and O–H groups in total. The average Bonchev–Trinajstić information content (AvgIpc) is 3.34.